The van der Waals surface area contributed by atoms with Gasteiger partial charge >= 0.3 is 0 Å². The third kappa shape index (κ3) is 6.15. The summed E-state index contributed by atoms with van der Waals surface area (Å²) in [5.41, 5.74) is 6.23. The van der Waals surface area contributed by atoms with Crippen molar-refractivity contribution in [1.29, 1.82) is 0 Å². The maximum Gasteiger partial charge on any atom is 0.243 e. The van der Waals surface area contributed by atoms with Crippen molar-refractivity contribution in [2.24, 2.45) is 5.73 Å². The molecule has 1 aromatic carbocycles. The zero-order valence-corrected chi connectivity index (χ0v) is 15.0. The van der Waals surface area contributed by atoms with Crippen LogP contribution in [0.3, 0.4) is 0 Å². The fourth-order valence-electron chi connectivity index (χ4n) is 1.97. The fraction of sp³-hybridized carbons (Fsp3) is 0.333. The number of anilines is 1. The first-order valence-corrected chi connectivity index (χ1v) is 10.1. The van der Waals surface area contributed by atoms with Crippen molar-refractivity contribution in [2.75, 3.05) is 17.3 Å². The van der Waals surface area contributed by atoms with Crippen molar-refractivity contribution < 1.29 is 22.0 Å². The van der Waals surface area contributed by atoms with E-state index in [2.05, 4.69) is 10.3 Å². The first-order chi connectivity index (χ1) is 11.6. The number of benzene rings is 1. The molecule has 0 saturated heterocycles. The highest BCUT2D eigenvalue weighted by atomic mass is 32.2. The Morgan fingerprint density at radius 3 is 2.72 bits per heavy atom. The molecule has 0 aliphatic carbocycles. The van der Waals surface area contributed by atoms with Crippen LogP contribution in [-0.4, -0.2) is 37.4 Å². The summed E-state index contributed by atoms with van der Waals surface area (Å²) >= 11 is 1.17. The van der Waals surface area contributed by atoms with Gasteiger partial charge in [0.15, 0.2) is 16.8 Å². The molecule has 0 aliphatic rings. The molecule has 0 fully saturated rings. The molecule has 0 aliphatic heterocycles. The lowest BCUT2D eigenvalue weighted by molar-refractivity contribution is -0.117. The summed E-state index contributed by atoms with van der Waals surface area (Å²) in [7, 11) is -3.19. The van der Waals surface area contributed by atoms with E-state index in [9.17, 15) is 22.0 Å². The van der Waals surface area contributed by atoms with Crippen molar-refractivity contribution in [1.82, 2.24) is 4.98 Å². The van der Waals surface area contributed by atoms with Crippen LogP contribution in [0, 0.1) is 11.6 Å². The molecule has 136 valence electrons. The van der Waals surface area contributed by atoms with Crippen molar-refractivity contribution in [2.45, 2.75) is 18.9 Å². The van der Waals surface area contributed by atoms with Gasteiger partial charge in [0.25, 0.3) is 0 Å². The number of carbonyl (C=O) groups excluding carboxylic acids is 1. The fourth-order valence-corrected chi connectivity index (χ4v) is 3.50. The Hall–Kier alpha value is -1.91. The van der Waals surface area contributed by atoms with E-state index in [1.807, 2.05) is 0 Å². The number of carbonyl (C=O) groups is 1. The van der Waals surface area contributed by atoms with Crippen LogP contribution < -0.4 is 11.1 Å². The van der Waals surface area contributed by atoms with Crippen molar-refractivity contribution in [3.05, 3.63) is 46.5 Å². The maximum atomic E-state index is 13.2. The Balaban J connectivity index is 1.94. The SMILES string of the molecule is CS(=O)(=O)CCC(N)C(=O)Nc1ncc(Cc2ccc(F)c(F)c2)s1. The number of hydrogen-bond acceptors (Lipinski definition) is 6. The molecule has 2 rings (SSSR count). The molecule has 1 aromatic heterocycles. The molecule has 3 N–H and O–H groups in total. The number of rotatable bonds is 7. The van der Waals surface area contributed by atoms with Gasteiger partial charge in [0.1, 0.15) is 9.84 Å². The van der Waals surface area contributed by atoms with Crippen LogP contribution in [-0.2, 0) is 21.1 Å². The highest BCUT2D eigenvalue weighted by Gasteiger charge is 2.17. The van der Waals surface area contributed by atoms with E-state index in [4.69, 9.17) is 5.73 Å². The lowest BCUT2D eigenvalue weighted by atomic mass is 10.1. The number of sulfone groups is 1. The van der Waals surface area contributed by atoms with E-state index >= 15 is 0 Å². The average Bonchev–Trinajstić information content (AvgIpc) is 2.94. The van der Waals surface area contributed by atoms with E-state index in [-0.39, 0.29) is 12.2 Å². The topological polar surface area (TPSA) is 102 Å². The maximum absolute atomic E-state index is 13.2. The monoisotopic (exact) mass is 389 g/mol. The Labute approximate surface area is 148 Å². The molecule has 0 saturated carbocycles. The van der Waals surface area contributed by atoms with Gasteiger partial charge in [0.05, 0.1) is 11.8 Å². The largest absolute Gasteiger partial charge is 0.320 e. The normalized spacial score (nSPS) is 12.8. The number of halogens is 2. The number of thiazole rings is 1. The van der Waals surface area contributed by atoms with Gasteiger partial charge in [0, 0.05) is 23.8 Å². The summed E-state index contributed by atoms with van der Waals surface area (Å²) in [6.45, 7) is 0. The van der Waals surface area contributed by atoms with Crippen LogP contribution in [0.2, 0.25) is 0 Å². The minimum Gasteiger partial charge on any atom is -0.320 e. The number of nitrogens with zero attached hydrogens (tertiary/aromatic N) is 1. The number of amides is 1. The molecule has 0 bridgehead atoms. The molecule has 1 amide bonds. The summed E-state index contributed by atoms with van der Waals surface area (Å²) < 4.78 is 48.3. The van der Waals surface area contributed by atoms with Crippen LogP contribution in [0.4, 0.5) is 13.9 Å². The Morgan fingerprint density at radius 2 is 2.08 bits per heavy atom. The van der Waals surface area contributed by atoms with Crippen LogP contribution in [0.5, 0.6) is 0 Å². The molecule has 1 heterocycles. The molecule has 0 spiro atoms. The summed E-state index contributed by atoms with van der Waals surface area (Å²) in [4.78, 5) is 16.7. The lowest BCUT2D eigenvalue weighted by Gasteiger charge is -2.09. The predicted molar refractivity (Wildman–Crippen MR) is 92.2 cm³/mol. The van der Waals surface area contributed by atoms with Gasteiger partial charge in [-0.3, -0.25) is 4.79 Å². The van der Waals surface area contributed by atoms with E-state index in [0.29, 0.717) is 17.1 Å². The predicted octanol–water partition coefficient (Wildman–Crippen LogP) is 1.71. The third-order valence-electron chi connectivity index (χ3n) is 3.28. The van der Waals surface area contributed by atoms with Crippen LogP contribution in [0.25, 0.3) is 0 Å². The Kier molecular flexibility index (Phi) is 6.20. The van der Waals surface area contributed by atoms with Crippen molar-refractivity contribution >= 4 is 32.2 Å². The molecule has 10 heteroatoms. The summed E-state index contributed by atoms with van der Waals surface area (Å²) in [5.74, 6) is -2.55. The van der Waals surface area contributed by atoms with Gasteiger partial charge in [-0.05, 0) is 24.1 Å². The van der Waals surface area contributed by atoms with Gasteiger partial charge in [-0.15, -0.1) is 11.3 Å². The molecular weight excluding hydrogens is 372 g/mol. The molecule has 0 radical (unpaired) electrons. The van der Waals surface area contributed by atoms with Crippen LogP contribution in [0.15, 0.2) is 24.4 Å². The Bertz CT molecular complexity index is 869. The van der Waals surface area contributed by atoms with E-state index in [1.165, 1.54) is 23.6 Å². The third-order valence-corrected chi connectivity index (χ3v) is 5.17. The van der Waals surface area contributed by atoms with Gasteiger partial charge < -0.3 is 11.1 Å². The average molecular weight is 389 g/mol. The van der Waals surface area contributed by atoms with E-state index < -0.39 is 33.4 Å². The van der Waals surface area contributed by atoms with Gasteiger partial charge in [0.2, 0.25) is 5.91 Å². The highest BCUT2D eigenvalue weighted by Crippen LogP contribution is 2.22. The van der Waals surface area contributed by atoms with Gasteiger partial charge in [-0.25, -0.2) is 22.2 Å². The second-order valence-electron chi connectivity index (χ2n) is 5.57. The number of nitrogens with two attached hydrogens (primary N) is 1. The number of aromatic nitrogens is 1. The van der Waals surface area contributed by atoms with Crippen molar-refractivity contribution in [3.8, 4) is 0 Å². The molecule has 6 nitrogen and oxygen atoms in total. The first-order valence-electron chi connectivity index (χ1n) is 7.27. The van der Waals surface area contributed by atoms with Gasteiger partial charge in [-0.1, -0.05) is 6.07 Å². The number of hydrogen-bond donors (Lipinski definition) is 2. The van der Waals surface area contributed by atoms with E-state index in [1.54, 1.807) is 0 Å². The molecule has 1 unspecified atom stereocenters. The standard InChI is InChI=1S/C15H17F2N3O3S2/c1-25(22,23)5-4-13(18)14(21)20-15-19-8-10(24-15)6-9-2-3-11(16)12(17)7-9/h2-3,7-8,13H,4-6,18H2,1H3,(H,19,20,21). The van der Waals surface area contributed by atoms with Crippen LogP contribution >= 0.6 is 11.3 Å². The molecule has 1 atom stereocenters. The smallest absolute Gasteiger partial charge is 0.243 e. The zero-order valence-electron chi connectivity index (χ0n) is 13.3. The first kappa shape index (κ1) is 19.4. The molecule has 25 heavy (non-hydrogen) atoms. The highest BCUT2D eigenvalue weighted by molar-refractivity contribution is 7.90. The van der Waals surface area contributed by atoms with E-state index in [0.717, 1.165) is 23.3 Å². The van der Waals surface area contributed by atoms with Crippen molar-refractivity contribution in [3.63, 3.8) is 0 Å². The second kappa shape index (κ2) is 7.98. The lowest BCUT2D eigenvalue weighted by Crippen LogP contribution is -2.37. The minimum atomic E-state index is -3.19. The summed E-state index contributed by atoms with van der Waals surface area (Å²) in [6, 6.07) is 2.66. The van der Waals surface area contributed by atoms with Gasteiger partial charge in [-0.2, -0.15) is 0 Å². The zero-order chi connectivity index (χ0) is 18.6. The second-order valence-corrected chi connectivity index (χ2v) is 8.95. The molecular formula is C15H17F2N3O3S2. The molecule has 2 aromatic rings. The summed E-state index contributed by atoms with van der Waals surface area (Å²) in [5, 5.41) is 2.82. The summed E-state index contributed by atoms with van der Waals surface area (Å²) in [6.07, 6.45) is 2.94. The van der Waals surface area contributed by atoms with Crippen LogP contribution in [0.1, 0.15) is 16.9 Å². The quantitative estimate of drug-likeness (QED) is 0.751. The Morgan fingerprint density at radius 1 is 1.36 bits per heavy atom. The number of nitrogens with one attached hydrogen (secondary N) is 1. The minimum absolute atomic E-state index is 0.0117.